The van der Waals surface area contributed by atoms with Crippen molar-refractivity contribution in [1.29, 1.82) is 0 Å². The smallest absolute Gasteiger partial charge is 0.340 e. The van der Waals surface area contributed by atoms with Crippen molar-refractivity contribution in [2.45, 2.75) is 25.6 Å². The van der Waals surface area contributed by atoms with Crippen molar-refractivity contribution in [1.82, 2.24) is 0 Å². The number of aliphatic hydroxyl groups excluding tert-OH is 2. The largest absolute Gasteiger partial charge is 0.478 e. The van der Waals surface area contributed by atoms with Gasteiger partial charge in [0.1, 0.15) is 6.10 Å². The molecule has 0 aliphatic carbocycles. The van der Waals surface area contributed by atoms with Gasteiger partial charge < -0.3 is 24.8 Å². The third kappa shape index (κ3) is 6.25. The number of carbonyl (C=O) groups excluding carboxylic acids is 1. The molecule has 2 atom stereocenters. The van der Waals surface area contributed by atoms with Crippen LogP contribution in [0.3, 0.4) is 0 Å². The number of hydrogen-bond donors (Lipinski definition) is 3. The SMILES string of the molecule is CC(O)CC(COCCO)OC(=O)c1c(Br)c(Br)c(Br)c(Br)c1C(=O)O. The molecule has 0 bridgehead atoms. The number of carboxylic acids is 1. The van der Waals surface area contributed by atoms with Gasteiger partial charge in [-0.15, -0.1) is 0 Å². The van der Waals surface area contributed by atoms with E-state index >= 15 is 0 Å². The van der Waals surface area contributed by atoms with Crippen LogP contribution in [0.5, 0.6) is 0 Å². The standard InChI is InChI=1S/C15H16Br4O7/c1-6(21)4-7(5-25-3-2-20)26-15(24)9-8(14(22)23)10(16)12(18)13(19)11(9)17/h6-7,20-21H,2-5H2,1H3,(H,22,23). The predicted octanol–water partition coefficient (Wildman–Crippen LogP) is 3.74. The molecule has 0 saturated carbocycles. The van der Waals surface area contributed by atoms with E-state index < -0.39 is 24.1 Å². The summed E-state index contributed by atoms with van der Waals surface area (Å²) in [5.74, 6) is -2.21. The predicted molar refractivity (Wildman–Crippen MR) is 108 cm³/mol. The molecule has 1 rings (SSSR count). The molecule has 0 spiro atoms. The van der Waals surface area contributed by atoms with Crippen LogP contribution in [0.25, 0.3) is 0 Å². The van der Waals surface area contributed by atoms with Crippen molar-refractivity contribution in [3.63, 3.8) is 0 Å². The highest BCUT2D eigenvalue weighted by Gasteiger charge is 2.30. The molecule has 146 valence electrons. The lowest BCUT2D eigenvalue weighted by Gasteiger charge is -2.21. The van der Waals surface area contributed by atoms with Gasteiger partial charge in [0.2, 0.25) is 0 Å². The fourth-order valence-electron chi connectivity index (χ4n) is 2.04. The molecule has 7 nitrogen and oxygen atoms in total. The molecule has 0 amide bonds. The van der Waals surface area contributed by atoms with E-state index in [4.69, 9.17) is 14.6 Å². The third-order valence-electron chi connectivity index (χ3n) is 3.10. The van der Waals surface area contributed by atoms with E-state index in [0.29, 0.717) is 8.95 Å². The van der Waals surface area contributed by atoms with Crippen LogP contribution < -0.4 is 0 Å². The summed E-state index contributed by atoms with van der Waals surface area (Å²) in [6.07, 6.45) is -1.49. The Labute approximate surface area is 183 Å². The van der Waals surface area contributed by atoms with Crippen molar-refractivity contribution in [2.75, 3.05) is 19.8 Å². The zero-order valence-electron chi connectivity index (χ0n) is 13.5. The van der Waals surface area contributed by atoms with Gasteiger partial charge >= 0.3 is 11.9 Å². The van der Waals surface area contributed by atoms with Crippen LogP contribution in [0.4, 0.5) is 0 Å². The third-order valence-corrected chi connectivity index (χ3v) is 7.87. The first-order valence-electron chi connectivity index (χ1n) is 7.28. The van der Waals surface area contributed by atoms with E-state index in [-0.39, 0.29) is 46.3 Å². The van der Waals surface area contributed by atoms with Gasteiger partial charge in [-0.05, 0) is 70.6 Å². The Hall–Kier alpha value is -0.0400. The lowest BCUT2D eigenvalue weighted by Crippen LogP contribution is -2.29. The molecule has 0 saturated heterocycles. The highest BCUT2D eigenvalue weighted by Crippen LogP contribution is 2.42. The minimum atomic E-state index is -1.32. The first-order valence-corrected chi connectivity index (χ1v) is 10.5. The van der Waals surface area contributed by atoms with Gasteiger partial charge in [0.15, 0.2) is 0 Å². The molecule has 0 fully saturated rings. The van der Waals surface area contributed by atoms with Crippen molar-refractivity contribution in [3.8, 4) is 0 Å². The number of halogens is 4. The molecule has 0 heterocycles. The van der Waals surface area contributed by atoms with Gasteiger partial charge in [-0.3, -0.25) is 0 Å². The molecule has 0 aliphatic heterocycles. The van der Waals surface area contributed by atoms with Gasteiger partial charge in [-0.25, -0.2) is 9.59 Å². The number of hydrogen-bond acceptors (Lipinski definition) is 6. The Morgan fingerprint density at radius 2 is 1.58 bits per heavy atom. The number of benzene rings is 1. The van der Waals surface area contributed by atoms with E-state index in [1.807, 2.05) is 0 Å². The maximum Gasteiger partial charge on any atom is 0.340 e. The normalized spacial score (nSPS) is 13.3. The fourth-order valence-corrected chi connectivity index (χ4v) is 4.49. The van der Waals surface area contributed by atoms with Gasteiger partial charge in [-0.2, -0.15) is 0 Å². The van der Waals surface area contributed by atoms with Crippen LogP contribution in [0.2, 0.25) is 0 Å². The Morgan fingerprint density at radius 1 is 1.04 bits per heavy atom. The summed E-state index contributed by atoms with van der Waals surface area (Å²) < 4.78 is 11.8. The molecule has 26 heavy (non-hydrogen) atoms. The molecular formula is C15H16Br4O7. The monoisotopic (exact) mass is 624 g/mol. The second-order valence-electron chi connectivity index (χ2n) is 5.22. The summed E-state index contributed by atoms with van der Waals surface area (Å²) in [6.45, 7) is 1.33. The first kappa shape index (κ1) is 24.0. The molecule has 0 aliphatic rings. The van der Waals surface area contributed by atoms with Crippen molar-refractivity contribution in [2.24, 2.45) is 0 Å². The topological polar surface area (TPSA) is 113 Å². The number of aliphatic hydroxyl groups is 2. The number of aromatic carboxylic acids is 1. The van der Waals surface area contributed by atoms with Crippen LogP contribution >= 0.6 is 63.7 Å². The van der Waals surface area contributed by atoms with Crippen LogP contribution in [0, 0.1) is 0 Å². The summed E-state index contributed by atoms with van der Waals surface area (Å²) in [5.41, 5.74) is -0.457. The highest BCUT2D eigenvalue weighted by atomic mass is 79.9. The lowest BCUT2D eigenvalue weighted by molar-refractivity contribution is -0.0250. The van der Waals surface area contributed by atoms with E-state index in [0.717, 1.165) is 0 Å². The maximum absolute atomic E-state index is 12.7. The number of rotatable bonds is 9. The number of ether oxygens (including phenoxy) is 2. The zero-order chi connectivity index (χ0) is 20.0. The molecule has 2 unspecified atom stereocenters. The molecule has 0 aromatic heterocycles. The first-order chi connectivity index (χ1) is 12.1. The number of carbonyl (C=O) groups is 2. The summed E-state index contributed by atoms with van der Waals surface area (Å²) >= 11 is 12.9. The highest BCUT2D eigenvalue weighted by molar-refractivity contribution is 9.15. The summed E-state index contributed by atoms with van der Waals surface area (Å²) in [4.78, 5) is 24.3. The van der Waals surface area contributed by atoms with Gasteiger partial charge in [0, 0.05) is 24.3 Å². The zero-order valence-corrected chi connectivity index (χ0v) is 19.8. The number of carboxylic acid groups (broad SMARTS) is 1. The molecule has 0 radical (unpaired) electrons. The van der Waals surface area contributed by atoms with Crippen molar-refractivity contribution in [3.05, 3.63) is 29.0 Å². The average molecular weight is 628 g/mol. The Bertz CT molecular complexity index is 679. The molecule has 3 N–H and O–H groups in total. The lowest BCUT2D eigenvalue weighted by atomic mass is 10.1. The van der Waals surface area contributed by atoms with Crippen LogP contribution in [-0.4, -0.2) is 59.3 Å². The minimum Gasteiger partial charge on any atom is -0.478 e. The van der Waals surface area contributed by atoms with E-state index in [9.17, 15) is 19.8 Å². The second kappa shape index (κ2) is 11.1. The van der Waals surface area contributed by atoms with E-state index in [2.05, 4.69) is 63.7 Å². The van der Waals surface area contributed by atoms with E-state index in [1.54, 1.807) is 0 Å². The van der Waals surface area contributed by atoms with Crippen molar-refractivity contribution < 1.29 is 34.4 Å². The Morgan fingerprint density at radius 3 is 2.04 bits per heavy atom. The van der Waals surface area contributed by atoms with Gasteiger partial charge in [0.25, 0.3) is 0 Å². The van der Waals surface area contributed by atoms with E-state index in [1.165, 1.54) is 6.92 Å². The quantitative estimate of drug-likeness (QED) is 0.166. The van der Waals surface area contributed by atoms with Gasteiger partial charge in [0.05, 0.1) is 37.1 Å². The Kier molecular flexibility index (Phi) is 10.2. The maximum atomic E-state index is 12.7. The van der Waals surface area contributed by atoms with Gasteiger partial charge in [-0.1, -0.05) is 0 Å². The molecule has 1 aromatic rings. The van der Waals surface area contributed by atoms with Crippen LogP contribution in [0.15, 0.2) is 17.9 Å². The summed E-state index contributed by atoms with van der Waals surface area (Å²) in [7, 11) is 0. The minimum absolute atomic E-state index is 0.0455. The van der Waals surface area contributed by atoms with Crippen LogP contribution in [-0.2, 0) is 9.47 Å². The molecular weight excluding hydrogens is 612 g/mol. The average Bonchev–Trinajstić information content (AvgIpc) is 2.55. The summed E-state index contributed by atoms with van der Waals surface area (Å²) in [5, 5.41) is 27.8. The fraction of sp³-hybridized carbons (Fsp3) is 0.467. The van der Waals surface area contributed by atoms with Crippen molar-refractivity contribution >= 4 is 75.7 Å². The summed E-state index contributed by atoms with van der Waals surface area (Å²) in [6, 6.07) is 0. The van der Waals surface area contributed by atoms with Crippen LogP contribution in [0.1, 0.15) is 34.1 Å². The molecule has 11 heteroatoms. The Balaban J connectivity index is 3.23. The number of esters is 1. The molecule has 1 aromatic carbocycles. The second-order valence-corrected chi connectivity index (χ2v) is 8.39.